The Morgan fingerprint density at radius 3 is 2.55 bits per heavy atom. The summed E-state index contributed by atoms with van der Waals surface area (Å²) >= 11 is 0. The molecule has 20 heavy (non-hydrogen) atoms. The molecule has 7 nitrogen and oxygen atoms in total. The topological polar surface area (TPSA) is 96.2 Å². The maximum atomic E-state index is 11.3. The van der Waals surface area contributed by atoms with Gasteiger partial charge in [-0.3, -0.25) is 4.79 Å². The van der Waals surface area contributed by atoms with Crippen molar-refractivity contribution in [2.45, 2.75) is 33.1 Å². The van der Waals surface area contributed by atoms with Gasteiger partial charge in [0.15, 0.2) is 0 Å². The summed E-state index contributed by atoms with van der Waals surface area (Å²) in [6, 6.07) is 0. The lowest BCUT2D eigenvalue weighted by molar-refractivity contribution is -0.120. The molecule has 1 aromatic heterocycles. The van der Waals surface area contributed by atoms with Gasteiger partial charge in [0, 0.05) is 38.5 Å². The first-order valence-corrected chi connectivity index (χ1v) is 6.67. The monoisotopic (exact) mass is 280 g/mol. The molecule has 0 saturated carbocycles. The van der Waals surface area contributed by atoms with Crippen molar-refractivity contribution in [1.82, 2.24) is 15.3 Å². The van der Waals surface area contributed by atoms with E-state index in [0.717, 1.165) is 17.2 Å². The van der Waals surface area contributed by atoms with Gasteiger partial charge in [-0.1, -0.05) is 13.8 Å². The zero-order chi connectivity index (χ0) is 15.3. The molecule has 0 bridgehead atoms. The Morgan fingerprint density at radius 1 is 1.40 bits per heavy atom. The average molecular weight is 280 g/mol. The Morgan fingerprint density at radius 2 is 2.05 bits per heavy atom. The van der Waals surface area contributed by atoms with E-state index in [9.17, 15) is 4.79 Å². The number of anilines is 2. The van der Waals surface area contributed by atoms with Crippen molar-refractivity contribution in [3.05, 3.63) is 11.4 Å². The Hall–Kier alpha value is -1.89. The van der Waals surface area contributed by atoms with Crippen LogP contribution < -0.4 is 21.5 Å². The highest BCUT2D eigenvalue weighted by molar-refractivity contribution is 5.76. The second-order valence-corrected chi connectivity index (χ2v) is 5.02. The minimum Gasteiger partial charge on any atom is -0.359 e. The fraction of sp³-hybridized carbons (Fsp3) is 0.615. The van der Waals surface area contributed by atoms with E-state index in [-0.39, 0.29) is 11.8 Å². The number of carbonyl (C=O) groups excluding carboxylic acids is 1. The molecule has 0 aliphatic carbocycles. The van der Waals surface area contributed by atoms with Gasteiger partial charge >= 0.3 is 0 Å². The second kappa shape index (κ2) is 7.04. The van der Waals surface area contributed by atoms with Crippen molar-refractivity contribution in [3.8, 4) is 0 Å². The first-order valence-electron chi connectivity index (χ1n) is 6.67. The highest BCUT2D eigenvalue weighted by Gasteiger charge is 2.16. The van der Waals surface area contributed by atoms with Crippen molar-refractivity contribution < 1.29 is 4.79 Å². The Bertz CT molecular complexity index is 474. The molecule has 1 amide bonds. The molecule has 1 rings (SSSR count). The van der Waals surface area contributed by atoms with Crippen molar-refractivity contribution in [2.24, 2.45) is 5.84 Å². The predicted molar refractivity (Wildman–Crippen MR) is 80.6 cm³/mol. The molecule has 112 valence electrons. The highest BCUT2D eigenvalue weighted by Crippen LogP contribution is 2.24. The van der Waals surface area contributed by atoms with Crippen LogP contribution in [0.1, 0.15) is 37.6 Å². The van der Waals surface area contributed by atoms with Gasteiger partial charge in [0.2, 0.25) is 5.91 Å². The van der Waals surface area contributed by atoms with Crippen LogP contribution in [0.2, 0.25) is 0 Å². The van der Waals surface area contributed by atoms with Crippen LogP contribution >= 0.6 is 0 Å². The van der Waals surface area contributed by atoms with Crippen molar-refractivity contribution >= 4 is 17.5 Å². The van der Waals surface area contributed by atoms with E-state index in [2.05, 4.69) is 20.7 Å². The number of hydrogen-bond acceptors (Lipinski definition) is 6. The maximum Gasteiger partial charge on any atom is 0.221 e. The minimum atomic E-state index is 0.00446. The lowest BCUT2D eigenvalue weighted by Crippen LogP contribution is -2.28. The first kappa shape index (κ1) is 16.2. The van der Waals surface area contributed by atoms with Gasteiger partial charge in [0.25, 0.3) is 0 Å². The van der Waals surface area contributed by atoms with Crippen molar-refractivity contribution in [1.29, 1.82) is 0 Å². The van der Waals surface area contributed by atoms with Gasteiger partial charge in [-0.25, -0.2) is 15.8 Å². The maximum absolute atomic E-state index is 11.3. The standard InChI is InChI=1S/C13H24N6O/c1-8(2)11-16-12(18-14)9(3)13(17-11)19(5)7-6-10(20)15-4/h8H,6-7,14H2,1-5H3,(H,15,20)(H,16,17,18). The zero-order valence-electron chi connectivity index (χ0n) is 12.8. The Labute approximate surface area is 119 Å². The molecular formula is C13H24N6O. The van der Waals surface area contributed by atoms with Crippen LogP contribution in [-0.4, -0.2) is 36.5 Å². The number of rotatable bonds is 6. The summed E-state index contributed by atoms with van der Waals surface area (Å²) in [5.41, 5.74) is 3.48. The van der Waals surface area contributed by atoms with Crippen LogP contribution in [-0.2, 0) is 4.79 Å². The summed E-state index contributed by atoms with van der Waals surface area (Å²) in [5.74, 6) is 7.85. The van der Waals surface area contributed by atoms with Crippen molar-refractivity contribution in [2.75, 3.05) is 31.0 Å². The molecule has 0 aromatic carbocycles. The molecule has 0 saturated heterocycles. The van der Waals surface area contributed by atoms with Crippen LogP contribution in [0, 0.1) is 6.92 Å². The number of hydrazine groups is 1. The van der Waals surface area contributed by atoms with E-state index in [1.54, 1.807) is 7.05 Å². The van der Waals surface area contributed by atoms with Gasteiger partial charge in [-0.05, 0) is 6.92 Å². The smallest absolute Gasteiger partial charge is 0.221 e. The number of nitrogen functional groups attached to an aromatic ring is 1. The SMILES string of the molecule is CNC(=O)CCN(C)c1nc(C(C)C)nc(NN)c1C. The van der Waals surface area contributed by atoms with Crippen LogP contribution in [0.3, 0.4) is 0 Å². The predicted octanol–water partition coefficient (Wildman–Crippen LogP) is 0.766. The summed E-state index contributed by atoms with van der Waals surface area (Å²) in [5, 5.41) is 2.61. The molecule has 1 heterocycles. The summed E-state index contributed by atoms with van der Waals surface area (Å²) in [6.07, 6.45) is 0.416. The number of aromatic nitrogens is 2. The van der Waals surface area contributed by atoms with Crippen molar-refractivity contribution in [3.63, 3.8) is 0 Å². The Kier molecular flexibility index (Phi) is 5.69. The van der Waals surface area contributed by atoms with Gasteiger partial charge < -0.3 is 15.6 Å². The molecular weight excluding hydrogens is 256 g/mol. The van der Waals surface area contributed by atoms with Gasteiger partial charge in [-0.2, -0.15) is 0 Å². The fourth-order valence-electron chi connectivity index (χ4n) is 1.79. The Balaban J connectivity index is 3.02. The number of nitrogens with one attached hydrogen (secondary N) is 2. The molecule has 0 atom stereocenters. The van der Waals surface area contributed by atoms with E-state index < -0.39 is 0 Å². The lowest BCUT2D eigenvalue weighted by atomic mass is 10.2. The average Bonchev–Trinajstić information content (AvgIpc) is 2.44. The molecule has 0 aliphatic rings. The largest absolute Gasteiger partial charge is 0.359 e. The molecule has 0 radical (unpaired) electrons. The summed E-state index contributed by atoms with van der Waals surface area (Å²) < 4.78 is 0. The molecule has 0 spiro atoms. The van der Waals surface area contributed by atoms with Crippen LogP contribution in [0.4, 0.5) is 11.6 Å². The third-order valence-corrected chi connectivity index (χ3v) is 3.11. The van der Waals surface area contributed by atoms with E-state index in [4.69, 9.17) is 5.84 Å². The van der Waals surface area contributed by atoms with Crippen LogP contribution in [0.25, 0.3) is 0 Å². The summed E-state index contributed by atoms with van der Waals surface area (Å²) in [4.78, 5) is 22.2. The minimum absolute atomic E-state index is 0.00446. The second-order valence-electron chi connectivity index (χ2n) is 5.02. The third kappa shape index (κ3) is 3.80. The van der Waals surface area contributed by atoms with E-state index >= 15 is 0 Å². The molecule has 4 N–H and O–H groups in total. The van der Waals surface area contributed by atoms with Gasteiger partial charge in [-0.15, -0.1) is 0 Å². The van der Waals surface area contributed by atoms with Gasteiger partial charge in [0.1, 0.15) is 17.5 Å². The number of carbonyl (C=O) groups is 1. The first-order chi connectivity index (χ1) is 9.40. The van der Waals surface area contributed by atoms with Gasteiger partial charge in [0.05, 0.1) is 0 Å². The third-order valence-electron chi connectivity index (χ3n) is 3.11. The number of nitrogens with zero attached hydrogens (tertiary/aromatic N) is 3. The molecule has 1 aromatic rings. The van der Waals surface area contributed by atoms with E-state index in [1.165, 1.54) is 0 Å². The normalized spacial score (nSPS) is 10.6. The highest BCUT2D eigenvalue weighted by atomic mass is 16.1. The van der Waals surface area contributed by atoms with Crippen LogP contribution in [0.5, 0.6) is 0 Å². The molecule has 7 heteroatoms. The van der Waals surface area contributed by atoms with E-state index in [1.807, 2.05) is 32.7 Å². The molecule has 0 aliphatic heterocycles. The molecule has 0 fully saturated rings. The number of nitrogens with two attached hydrogens (primary N) is 1. The zero-order valence-corrected chi connectivity index (χ0v) is 12.8. The lowest BCUT2D eigenvalue weighted by Gasteiger charge is -2.22. The molecule has 0 unspecified atom stereocenters. The number of hydrogen-bond donors (Lipinski definition) is 3. The summed E-state index contributed by atoms with van der Waals surface area (Å²) in [7, 11) is 3.54. The quantitative estimate of drug-likeness (QED) is 0.526. The summed E-state index contributed by atoms with van der Waals surface area (Å²) in [6.45, 7) is 6.54. The van der Waals surface area contributed by atoms with E-state index in [0.29, 0.717) is 18.8 Å². The van der Waals surface area contributed by atoms with Crippen LogP contribution in [0.15, 0.2) is 0 Å². The number of amides is 1. The fourth-order valence-corrected chi connectivity index (χ4v) is 1.79.